The zero-order valence-corrected chi connectivity index (χ0v) is 14.8. The highest BCUT2D eigenvalue weighted by Crippen LogP contribution is 2.18. The molecule has 0 fully saturated rings. The minimum absolute atomic E-state index is 0.0411. The Bertz CT molecular complexity index is 811. The number of hydrogen-bond acceptors (Lipinski definition) is 3. The molecule has 122 valence electrons. The first-order valence-electron chi connectivity index (χ1n) is 7.92. The summed E-state index contributed by atoms with van der Waals surface area (Å²) in [7, 11) is 0. The smallest absolute Gasteiger partial charge is 0.224 e. The molecule has 0 aliphatic carbocycles. The van der Waals surface area contributed by atoms with E-state index in [1.807, 2.05) is 6.07 Å². The quantitative estimate of drug-likeness (QED) is 0.852. The van der Waals surface area contributed by atoms with Crippen molar-refractivity contribution < 1.29 is 4.79 Å². The van der Waals surface area contributed by atoms with E-state index in [4.69, 9.17) is 5.26 Å². The predicted molar refractivity (Wildman–Crippen MR) is 96.3 cm³/mol. The third-order valence-electron chi connectivity index (χ3n) is 4.16. The Morgan fingerprint density at radius 3 is 2.88 bits per heavy atom. The molecule has 0 unspecified atom stereocenters. The van der Waals surface area contributed by atoms with Crippen LogP contribution in [-0.2, 0) is 30.7 Å². The maximum atomic E-state index is 12.1. The molecular formula is C19H18BrN3O. The van der Waals surface area contributed by atoms with Crippen LogP contribution in [0.15, 0.2) is 40.9 Å². The van der Waals surface area contributed by atoms with Gasteiger partial charge in [0.25, 0.3) is 0 Å². The number of halogens is 1. The van der Waals surface area contributed by atoms with Crippen LogP contribution in [0.4, 0.5) is 0 Å². The number of benzene rings is 2. The number of hydrogen-bond donors (Lipinski definition) is 2. The van der Waals surface area contributed by atoms with E-state index < -0.39 is 0 Å². The molecule has 1 amide bonds. The van der Waals surface area contributed by atoms with E-state index in [0.717, 1.165) is 35.1 Å². The summed E-state index contributed by atoms with van der Waals surface area (Å²) in [6, 6.07) is 13.9. The summed E-state index contributed by atoms with van der Waals surface area (Å²) < 4.78 is 0.748. The van der Waals surface area contributed by atoms with Crippen LogP contribution >= 0.6 is 15.9 Å². The molecule has 4 nitrogen and oxygen atoms in total. The number of amides is 1. The molecule has 0 saturated heterocycles. The molecule has 24 heavy (non-hydrogen) atoms. The van der Waals surface area contributed by atoms with Crippen molar-refractivity contribution in [2.75, 3.05) is 6.54 Å². The lowest BCUT2D eigenvalue weighted by molar-refractivity contribution is -0.120. The molecule has 5 heteroatoms. The Balaban J connectivity index is 1.59. The highest BCUT2D eigenvalue weighted by atomic mass is 79.9. The van der Waals surface area contributed by atoms with Gasteiger partial charge in [0.15, 0.2) is 0 Å². The maximum absolute atomic E-state index is 12.1. The molecule has 0 aromatic heterocycles. The molecule has 1 aliphatic rings. The van der Waals surface area contributed by atoms with Gasteiger partial charge in [0.2, 0.25) is 5.91 Å². The van der Waals surface area contributed by atoms with E-state index in [0.29, 0.717) is 12.1 Å². The van der Waals surface area contributed by atoms with Crippen LogP contribution in [0.1, 0.15) is 27.8 Å². The van der Waals surface area contributed by atoms with Gasteiger partial charge in [0.05, 0.1) is 12.0 Å². The molecule has 0 radical (unpaired) electrons. The Labute approximate surface area is 150 Å². The molecule has 3 rings (SSSR count). The molecule has 0 atom stereocenters. The first-order chi connectivity index (χ1) is 11.7. The van der Waals surface area contributed by atoms with Crippen LogP contribution in [0.25, 0.3) is 0 Å². The highest BCUT2D eigenvalue weighted by molar-refractivity contribution is 9.10. The first-order valence-corrected chi connectivity index (χ1v) is 8.71. The molecule has 2 aromatic rings. The summed E-state index contributed by atoms with van der Waals surface area (Å²) in [6.45, 7) is 2.46. The van der Waals surface area contributed by atoms with Crippen LogP contribution in [0.5, 0.6) is 0 Å². The highest BCUT2D eigenvalue weighted by Gasteiger charge is 2.10. The summed E-state index contributed by atoms with van der Waals surface area (Å²) in [5.74, 6) is -0.0411. The van der Waals surface area contributed by atoms with Crippen molar-refractivity contribution in [3.63, 3.8) is 0 Å². The fourth-order valence-corrected chi connectivity index (χ4v) is 3.19. The second-order valence-electron chi connectivity index (χ2n) is 5.91. The lowest BCUT2D eigenvalue weighted by Crippen LogP contribution is -2.26. The molecule has 2 N–H and O–H groups in total. The average molecular weight is 384 g/mol. The van der Waals surface area contributed by atoms with E-state index in [-0.39, 0.29) is 12.3 Å². The Morgan fingerprint density at radius 2 is 2.04 bits per heavy atom. The van der Waals surface area contributed by atoms with Crippen molar-refractivity contribution in [1.29, 1.82) is 5.26 Å². The minimum Gasteiger partial charge on any atom is -0.352 e. The number of nitrogens with zero attached hydrogens (tertiary/aromatic N) is 1. The predicted octanol–water partition coefficient (Wildman–Crippen LogP) is 2.83. The first kappa shape index (κ1) is 16.7. The topological polar surface area (TPSA) is 64.9 Å². The van der Waals surface area contributed by atoms with Gasteiger partial charge >= 0.3 is 0 Å². The lowest BCUT2D eigenvalue weighted by atomic mass is 9.98. The van der Waals surface area contributed by atoms with Gasteiger partial charge in [-0.15, -0.1) is 0 Å². The third-order valence-corrected chi connectivity index (χ3v) is 4.85. The monoisotopic (exact) mass is 383 g/mol. The van der Waals surface area contributed by atoms with Crippen LogP contribution in [0, 0.1) is 11.3 Å². The average Bonchev–Trinajstić information content (AvgIpc) is 2.61. The van der Waals surface area contributed by atoms with Crippen LogP contribution in [-0.4, -0.2) is 12.5 Å². The summed E-state index contributed by atoms with van der Waals surface area (Å²) in [6.07, 6.45) is 1.31. The second-order valence-corrected chi connectivity index (χ2v) is 6.76. The molecule has 0 bridgehead atoms. The lowest BCUT2D eigenvalue weighted by Gasteiger charge is -2.18. The van der Waals surface area contributed by atoms with Crippen molar-refractivity contribution in [1.82, 2.24) is 10.6 Å². The van der Waals surface area contributed by atoms with Gasteiger partial charge in [-0.3, -0.25) is 4.79 Å². The van der Waals surface area contributed by atoms with Crippen LogP contribution in [0.2, 0.25) is 0 Å². The van der Waals surface area contributed by atoms with Gasteiger partial charge in [-0.05, 0) is 63.3 Å². The van der Waals surface area contributed by atoms with Crippen molar-refractivity contribution in [3.8, 4) is 6.07 Å². The maximum Gasteiger partial charge on any atom is 0.224 e. The van der Waals surface area contributed by atoms with Gasteiger partial charge < -0.3 is 10.6 Å². The van der Waals surface area contributed by atoms with E-state index >= 15 is 0 Å². The Hall–Kier alpha value is -2.16. The molecule has 1 aliphatic heterocycles. The summed E-state index contributed by atoms with van der Waals surface area (Å²) in [5.41, 5.74) is 5.21. The number of carbonyl (C=O) groups excluding carboxylic acids is 1. The number of nitriles is 1. The molecule has 0 saturated carbocycles. The number of fused-ring (bicyclic) bond motifs is 1. The third kappa shape index (κ3) is 4.02. The number of carbonyl (C=O) groups is 1. The van der Waals surface area contributed by atoms with Crippen molar-refractivity contribution in [2.24, 2.45) is 0 Å². The zero-order valence-electron chi connectivity index (χ0n) is 13.2. The second kappa shape index (κ2) is 7.61. The largest absolute Gasteiger partial charge is 0.352 e. The van der Waals surface area contributed by atoms with E-state index in [1.54, 1.807) is 12.1 Å². The normalized spacial score (nSPS) is 13.0. The fourth-order valence-electron chi connectivity index (χ4n) is 2.86. The van der Waals surface area contributed by atoms with Crippen molar-refractivity contribution in [2.45, 2.75) is 25.9 Å². The molecule has 0 spiro atoms. The number of nitrogens with one attached hydrogen (secondary N) is 2. The van der Waals surface area contributed by atoms with Gasteiger partial charge in [0, 0.05) is 17.6 Å². The van der Waals surface area contributed by atoms with E-state index in [2.05, 4.69) is 50.8 Å². The molecule has 1 heterocycles. The molecular weight excluding hydrogens is 366 g/mol. The van der Waals surface area contributed by atoms with E-state index in [9.17, 15) is 4.79 Å². The summed E-state index contributed by atoms with van der Waals surface area (Å²) in [4.78, 5) is 12.1. The van der Waals surface area contributed by atoms with Crippen molar-refractivity contribution in [3.05, 3.63) is 68.7 Å². The fraction of sp³-hybridized carbons (Fsp3) is 0.263. The van der Waals surface area contributed by atoms with Gasteiger partial charge in [-0.1, -0.05) is 24.3 Å². The Kier molecular flexibility index (Phi) is 5.29. The van der Waals surface area contributed by atoms with Crippen molar-refractivity contribution >= 4 is 21.8 Å². The Morgan fingerprint density at radius 1 is 1.21 bits per heavy atom. The summed E-state index contributed by atoms with van der Waals surface area (Å²) in [5, 5.41) is 15.4. The van der Waals surface area contributed by atoms with Gasteiger partial charge in [-0.2, -0.15) is 5.26 Å². The SMILES string of the molecule is N#Cc1cc(CC(=O)NCc2ccc3c(c2)CCNC3)ccc1Br. The van der Waals surface area contributed by atoms with E-state index in [1.165, 1.54) is 11.1 Å². The zero-order chi connectivity index (χ0) is 16.9. The molecule has 2 aromatic carbocycles. The standard InChI is InChI=1S/C19H18BrN3O/c20-18-4-2-13(7-17(18)10-21)9-19(24)23-11-14-1-3-16-12-22-6-5-15(16)8-14/h1-4,7-8,22H,5-6,9,11-12H2,(H,23,24). The minimum atomic E-state index is -0.0411. The number of rotatable bonds is 4. The van der Waals surface area contributed by atoms with Crippen LogP contribution < -0.4 is 10.6 Å². The van der Waals surface area contributed by atoms with Crippen LogP contribution in [0.3, 0.4) is 0 Å². The van der Waals surface area contributed by atoms with Gasteiger partial charge in [-0.25, -0.2) is 0 Å². The summed E-state index contributed by atoms with van der Waals surface area (Å²) >= 11 is 3.32. The van der Waals surface area contributed by atoms with Gasteiger partial charge in [0.1, 0.15) is 6.07 Å².